The van der Waals surface area contributed by atoms with Crippen LogP contribution in [0.25, 0.3) is 0 Å². The van der Waals surface area contributed by atoms with Crippen molar-refractivity contribution in [2.24, 2.45) is 13.0 Å². The van der Waals surface area contributed by atoms with E-state index in [2.05, 4.69) is 33.5 Å². The van der Waals surface area contributed by atoms with E-state index >= 15 is 0 Å². The van der Waals surface area contributed by atoms with Gasteiger partial charge in [0.1, 0.15) is 5.75 Å². The van der Waals surface area contributed by atoms with Gasteiger partial charge < -0.3 is 9.64 Å². The molecule has 4 rings (SSSR count). The average molecular weight is 439 g/mol. The molecule has 0 radical (unpaired) electrons. The van der Waals surface area contributed by atoms with Crippen molar-refractivity contribution in [3.63, 3.8) is 0 Å². The van der Waals surface area contributed by atoms with E-state index in [1.807, 2.05) is 43.6 Å². The van der Waals surface area contributed by atoms with Gasteiger partial charge in [-0.05, 0) is 71.5 Å². The summed E-state index contributed by atoms with van der Waals surface area (Å²) in [5.41, 5.74) is 3.36. The van der Waals surface area contributed by atoms with Crippen LogP contribution in [0.5, 0.6) is 5.75 Å². The van der Waals surface area contributed by atoms with Gasteiger partial charge in [0.15, 0.2) is 0 Å². The minimum absolute atomic E-state index is 0.281. The molecule has 3 aromatic rings. The van der Waals surface area contributed by atoms with Crippen LogP contribution in [-0.4, -0.2) is 55.0 Å². The summed E-state index contributed by atoms with van der Waals surface area (Å²) in [5, 5.41) is 12.3. The molecular formula is C22H26N6O2S. The number of hydrogen-bond acceptors (Lipinski definition) is 7. The average Bonchev–Trinajstić information content (AvgIpc) is 3.19. The number of nitrogens with zero attached hydrogens (tertiary/aromatic N) is 6. The van der Waals surface area contributed by atoms with Crippen molar-refractivity contribution >= 4 is 17.9 Å². The lowest BCUT2D eigenvalue weighted by Gasteiger charge is -2.30. The third-order valence-corrected chi connectivity index (χ3v) is 6.63. The van der Waals surface area contributed by atoms with Crippen LogP contribution in [0.2, 0.25) is 0 Å². The molecule has 1 saturated heterocycles. The number of likely N-dealkylation sites (tertiary alicyclic amines) is 1. The number of aryl methyl sites for hydroxylation is 2. The summed E-state index contributed by atoms with van der Waals surface area (Å²) in [7, 11) is 1.84. The molecule has 0 spiro atoms. The number of rotatable bonds is 6. The van der Waals surface area contributed by atoms with Crippen LogP contribution in [0.3, 0.4) is 0 Å². The summed E-state index contributed by atoms with van der Waals surface area (Å²) in [4.78, 5) is 18.7. The molecule has 0 aliphatic carbocycles. The Bertz CT molecular complexity index is 1010. The number of carbonyl (C=O) groups is 1. The lowest BCUT2D eigenvalue weighted by molar-refractivity contribution is 0.134. The summed E-state index contributed by atoms with van der Waals surface area (Å²) < 4.78 is 7.26. The Kier molecular flexibility index (Phi) is 6.81. The number of benzene rings is 1. The number of piperidine rings is 1. The molecule has 2 aromatic heterocycles. The fourth-order valence-corrected chi connectivity index (χ4v) is 4.60. The number of hydrogen-bond donors (Lipinski definition) is 0. The van der Waals surface area contributed by atoms with Gasteiger partial charge in [-0.2, -0.15) is 0 Å². The second-order valence-corrected chi connectivity index (χ2v) is 8.83. The summed E-state index contributed by atoms with van der Waals surface area (Å²) >= 11 is 1.66. The molecule has 1 aliphatic heterocycles. The van der Waals surface area contributed by atoms with E-state index in [4.69, 9.17) is 4.74 Å². The Balaban J connectivity index is 1.23. The third kappa shape index (κ3) is 5.81. The lowest BCUT2D eigenvalue weighted by Crippen LogP contribution is -2.40. The number of amides is 1. The number of thioether (sulfide) groups is 1. The maximum absolute atomic E-state index is 12.5. The fraction of sp³-hybridized carbons (Fsp3) is 0.409. The quantitative estimate of drug-likeness (QED) is 0.544. The Morgan fingerprint density at radius 3 is 2.65 bits per heavy atom. The van der Waals surface area contributed by atoms with Crippen molar-refractivity contribution in [1.82, 2.24) is 30.1 Å². The zero-order chi connectivity index (χ0) is 21.6. The van der Waals surface area contributed by atoms with Crippen molar-refractivity contribution in [2.75, 3.05) is 18.8 Å². The predicted molar refractivity (Wildman–Crippen MR) is 118 cm³/mol. The number of ether oxygens (including phenoxy) is 1. The van der Waals surface area contributed by atoms with Gasteiger partial charge in [-0.3, -0.25) is 4.98 Å². The molecule has 1 amide bonds. The second kappa shape index (κ2) is 9.91. The monoisotopic (exact) mass is 438 g/mol. The highest BCUT2D eigenvalue weighted by Gasteiger charge is 2.24. The first-order chi connectivity index (χ1) is 15.1. The first kappa shape index (κ1) is 21.3. The van der Waals surface area contributed by atoms with Gasteiger partial charge in [0.25, 0.3) is 0 Å². The number of aromatic nitrogens is 5. The molecule has 31 heavy (non-hydrogen) atoms. The van der Waals surface area contributed by atoms with E-state index in [-0.39, 0.29) is 6.09 Å². The van der Waals surface area contributed by atoms with Crippen molar-refractivity contribution in [3.8, 4) is 5.75 Å². The van der Waals surface area contributed by atoms with E-state index in [0.29, 0.717) is 24.8 Å². The van der Waals surface area contributed by atoms with Crippen LogP contribution in [-0.2, 0) is 13.5 Å². The SMILES string of the molecule is Cc1ccnc(Cc2ccc(OC(=O)N3CCC(CSc4nnnn4C)CC3)cc2)c1. The highest BCUT2D eigenvalue weighted by Crippen LogP contribution is 2.25. The molecule has 9 heteroatoms. The standard InChI is InChI=1S/C22H26N6O2S/c1-16-7-10-23-19(13-16)14-17-3-5-20(6-4-17)30-22(29)28-11-8-18(9-12-28)15-31-21-24-25-26-27(21)2/h3-7,10,13,18H,8-9,11-12,14-15H2,1-2H3. The highest BCUT2D eigenvalue weighted by molar-refractivity contribution is 7.99. The molecule has 1 aromatic carbocycles. The minimum atomic E-state index is -0.281. The highest BCUT2D eigenvalue weighted by atomic mass is 32.2. The van der Waals surface area contributed by atoms with E-state index < -0.39 is 0 Å². The van der Waals surface area contributed by atoms with E-state index in [0.717, 1.165) is 41.4 Å². The molecular weight excluding hydrogens is 412 g/mol. The van der Waals surface area contributed by atoms with Crippen LogP contribution >= 0.6 is 11.8 Å². The molecule has 0 unspecified atom stereocenters. The number of pyridine rings is 1. The van der Waals surface area contributed by atoms with Gasteiger partial charge in [0.05, 0.1) is 0 Å². The maximum atomic E-state index is 12.5. The largest absolute Gasteiger partial charge is 0.415 e. The lowest BCUT2D eigenvalue weighted by atomic mass is 9.99. The normalized spacial score (nSPS) is 14.6. The van der Waals surface area contributed by atoms with E-state index in [9.17, 15) is 4.79 Å². The third-order valence-electron chi connectivity index (χ3n) is 5.39. The van der Waals surface area contributed by atoms with Gasteiger partial charge in [0.2, 0.25) is 5.16 Å². The molecule has 0 bridgehead atoms. The molecule has 0 N–H and O–H groups in total. The van der Waals surface area contributed by atoms with Gasteiger partial charge in [0, 0.05) is 44.2 Å². The summed E-state index contributed by atoms with van der Waals surface area (Å²) in [6.07, 6.45) is 4.21. The van der Waals surface area contributed by atoms with Gasteiger partial charge in [-0.1, -0.05) is 23.9 Å². The van der Waals surface area contributed by atoms with Crippen molar-refractivity contribution in [2.45, 2.75) is 31.3 Å². The maximum Gasteiger partial charge on any atom is 0.415 e. The van der Waals surface area contributed by atoms with Gasteiger partial charge >= 0.3 is 6.09 Å². The predicted octanol–water partition coefficient (Wildman–Crippen LogP) is 3.51. The first-order valence-corrected chi connectivity index (χ1v) is 11.4. The Morgan fingerprint density at radius 1 is 1.19 bits per heavy atom. The first-order valence-electron chi connectivity index (χ1n) is 10.4. The minimum Gasteiger partial charge on any atom is -0.410 e. The van der Waals surface area contributed by atoms with Crippen molar-refractivity contribution in [3.05, 3.63) is 59.4 Å². The Labute approximate surface area is 186 Å². The second-order valence-electron chi connectivity index (χ2n) is 7.84. The number of carbonyl (C=O) groups excluding carboxylic acids is 1. The molecule has 3 heterocycles. The zero-order valence-electron chi connectivity index (χ0n) is 17.8. The molecule has 0 atom stereocenters. The summed E-state index contributed by atoms with van der Waals surface area (Å²) in [6.45, 7) is 3.47. The van der Waals surface area contributed by atoms with Crippen LogP contribution in [0.15, 0.2) is 47.8 Å². The molecule has 0 saturated carbocycles. The van der Waals surface area contributed by atoms with Crippen molar-refractivity contribution < 1.29 is 9.53 Å². The van der Waals surface area contributed by atoms with Crippen LogP contribution < -0.4 is 4.74 Å². The number of tetrazole rings is 1. The van der Waals surface area contributed by atoms with E-state index in [1.165, 1.54) is 5.56 Å². The van der Waals surface area contributed by atoms with Crippen LogP contribution in [0.4, 0.5) is 4.79 Å². The van der Waals surface area contributed by atoms with E-state index in [1.54, 1.807) is 21.3 Å². The van der Waals surface area contributed by atoms with Crippen molar-refractivity contribution in [1.29, 1.82) is 0 Å². The molecule has 1 aliphatic rings. The Hall–Kier alpha value is -2.94. The van der Waals surface area contributed by atoms with Gasteiger partial charge in [-0.15, -0.1) is 5.10 Å². The summed E-state index contributed by atoms with van der Waals surface area (Å²) in [5.74, 6) is 2.06. The molecule has 162 valence electrons. The van der Waals surface area contributed by atoms with Gasteiger partial charge in [-0.25, -0.2) is 9.48 Å². The van der Waals surface area contributed by atoms with Crippen LogP contribution in [0.1, 0.15) is 29.7 Å². The molecule has 8 nitrogen and oxygen atoms in total. The summed E-state index contributed by atoms with van der Waals surface area (Å²) in [6, 6.07) is 11.7. The Morgan fingerprint density at radius 2 is 1.97 bits per heavy atom. The molecule has 1 fully saturated rings. The fourth-order valence-electron chi connectivity index (χ4n) is 3.56. The smallest absolute Gasteiger partial charge is 0.410 e. The van der Waals surface area contributed by atoms with Crippen LogP contribution in [0, 0.1) is 12.8 Å². The zero-order valence-corrected chi connectivity index (χ0v) is 18.6. The topological polar surface area (TPSA) is 86.0 Å².